The maximum absolute atomic E-state index is 13.4. The van der Waals surface area contributed by atoms with Crippen LogP contribution in [0.1, 0.15) is 96.1 Å². The van der Waals surface area contributed by atoms with Gasteiger partial charge in [0.1, 0.15) is 11.6 Å². The number of amides is 1. The monoisotopic (exact) mass is 521 g/mol. The lowest BCUT2D eigenvalue weighted by molar-refractivity contribution is -0.125. The molecule has 2 rings (SSSR count). The van der Waals surface area contributed by atoms with E-state index >= 15 is 0 Å². The zero-order valence-corrected chi connectivity index (χ0v) is 23.0. The molecule has 1 heterocycles. The molecule has 1 aromatic rings. The molecule has 1 aliphatic rings. The fraction of sp³-hybridized carbons (Fsp3) is 0.654. The molecular weight excluding hydrogens is 482 g/mol. The molecule has 1 unspecified atom stereocenters. The highest BCUT2D eigenvalue weighted by atomic mass is 79.9. The first-order chi connectivity index (χ1) is 15.2. The second kappa shape index (κ2) is 10.6. The number of benzene rings is 1. The number of carbonyl (C=O) groups is 2. The highest BCUT2D eigenvalue weighted by Crippen LogP contribution is 2.40. The van der Waals surface area contributed by atoms with Crippen molar-refractivity contribution in [2.45, 2.75) is 91.5 Å². The molecule has 1 aliphatic heterocycles. The van der Waals surface area contributed by atoms with Gasteiger partial charge in [-0.1, -0.05) is 55.4 Å². The number of aromatic hydroxyl groups is 1. The average Bonchev–Trinajstić information content (AvgIpc) is 3.08. The summed E-state index contributed by atoms with van der Waals surface area (Å²) in [6.45, 7) is 17.0. The number of phenols is 1. The summed E-state index contributed by atoms with van der Waals surface area (Å²) in [5.74, 6) is 0.927. The first-order valence-electron chi connectivity index (χ1n) is 11.9. The molecule has 0 spiro atoms. The maximum Gasteiger partial charge on any atom is 0.223 e. The number of likely N-dealkylation sites (tertiary alicyclic amines) is 1. The van der Waals surface area contributed by atoms with Crippen LogP contribution >= 0.6 is 16.1 Å². The molecular formula is C26H40BrN3O3. The van der Waals surface area contributed by atoms with E-state index in [2.05, 4.69) is 25.5 Å². The Hall–Kier alpha value is -1.89. The minimum Gasteiger partial charge on any atom is -0.507 e. The predicted octanol–water partition coefficient (Wildman–Crippen LogP) is 5.51. The van der Waals surface area contributed by atoms with Gasteiger partial charge in [0.05, 0.1) is 28.7 Å². The molecule has 1 fully saturated rings. The van der Waals surface area contributed by atoms with E-state index < -0.39 is 0 Å². The van der Waals surface area contributed by atoms with E-state index in [1.54, 1.807) is 0 Å². The molecule has 7 heteroatoms. The third-order valence-electron chi connectivity index (χ3n) is 6.47. The first-order valence-corrected chi connectivity index (χ1v) is 12.6. The standard InChI is InChI=1S/C26H40BrN3O3/c1-9-16(10-2)24(33)28-20-11-12-30(23(20)29-27)15-21(31)17-13-18(25(3,4)5)22(32)19(14-17)26(6,7)8/h13-14,16,20,32H,9-12,15H2,1-8H3,(H,28,33)/b29-23-. The summed E-state index contributed by atoms with van der Waals surface area (Å²) in [4.78, 5) is 27.9. The zero-order chi connectivity index (χ0) is 25.1. The number of rotatable bonds is 7. The highest BCUT2D eigenvalue weighted by Gasteiger charge is 2.34. The molecule has 0 radical (unpaired) electrons. The van der Waals surface area contributed by atoms with Gasteiger partial charge in [-0.3, -0.25) is 9.59 Å². The topological polar surface area (TPSA) is 82.0 Å². The number of amidine groups is 1. The van der Waals surface area contributed by atoms with E-state index in [1.807, 2.05) is 72.4 Å². The molecule has 184 valence electrons. The van der Waals surface area contributed by atoms with Crippen molar-refractivity contribution in [3.63, 3.8) is 0 Å². The van der Waals surface area contributed by atoms with Gasteiger partial charge in [-0.05, 0) is 42.2 Å². The average molecular weight is 523 g/mol. The van der Waals surface area contributed by atoms with Crippen molar-refractivity contribution in [2.75, 3.05) is 13.1 Å². The Morgan fingerprint density at radius 3 is 2.06 bits per heavy atom. The second-order valence-electron chi connectivity index (χ2n) is 11.1. The van der Waals surface area contributed by atoms with Gasteiger partial charge in [-0.2, -0.15) is 4.02 Å². The van der Waals surface area contributed by atoms with Crippen LogP contribution in [-0.4, -0.2) is 46.7 Å². The highest BCUT2D eigenvalue weighted by molar-refractivity contribution is 9.08. The summed E-state index contributed by atoms with van der Waals surface area (Å²) in [6, 6.07) is 3.43. The van der Waals surface area contributed by atoms with E-state index in [9.17, 15) is 14.7 Å². The lowest BCUT2D eigenvalue weighted by atomic mass is 9.78. The lowest BCUT2D eigenvalue weighted by Gasteiger charge is -2.28. The SMILES string of the molecule is CCC(CC)C(=O)NC1CCN(CC(=O)c2cc(C(C)(C)C)c(O)c(C(C)(C)C)c2)/C1=N\Br. The van der Waals surface area contributed by atoms with Gasteiger partial charge in [0.25, 0.3) is 0 Å². The van der Waals surface area contributed by atoms with Crippen LogP contribution in [-0.2, 0) is 15.6 Å². The second-order valence-corrected chi connectivity index (χ2v) is 11.4. The van der Waals surface area contributed by atoms with Crippen molar-refractivity contribution < 1.29 is 14.7 Å². The van der Waals surface area contributed by atoms with Crippen molar-refractivity contribution >= 4 is 33.7 Å². The van der Waals surface area contributed by atoms with E-state index in [4.69, 9.17) is 0 Å². The van der Waals surface area contributed by atoms with Crippen LogP contribution in [0.15, 0.2) is 16.2 Å². The Balaban J connectivity index is 2.28. The van der Waals surface area contributed by atoms with E-state index in [1.165, 1.54) is 0 Å². The number of carbonyl (C=O) groups excluding carboxylic acids is 2. The van der Waals surface area contributed by atoms with Gasteiger partial charge in [0, 0.05) is 29.2 Å². The van der Waals surface area contributed by atoms with Gasteiger partial charge in [0.2, 0.25) is 5.91 Å². The van der Waals surface area contributed by atoms with Crippen LogP contribution in [0.25, 0.3) is 0 Å². The number of halogens is 1. The third-order valence-corrected chi connectivity index (χ3v) is 6.83. The van der Waals surface area contributed by atoms with Crippen molar-refractivity contribution in [3.05, 3.63) is 28.8 Å². The van der Waals surface area contributed by atoms with Gasteiger partial charge in [0.15, 0.2) is 5.78 Å². The molecule has 33 heavy (non-hydrogen) atoms. The molecule has 0 aromatic heterocycles. The summed E-state index contributed by atoms with van der Waals surface area (Å²) in [5.41, 5.74) is 1.51. The Morgan fingerprint density at radius 2 is 1.64 bits per heavy atom. The molecule has 2 N–H and O–H groups in total. The lowest BCUT2D eigenvalue weighted by Crippen LogP contribution is -2.44. The van der Waals surface area contributed by atoms with Crippen LogP contribution < -0.4 is 5.32 Å². The number of nitrogens with zero attached hydrogens (tertiary/aromatic N) is 2. The van der Waals surface area contributed by atoms with Crippen molar-refractivity contribution in [3.8, 4) is 5.75 Å². The smallest absolute Gasteiger partial charge is 0.223 e. The summed E-state index contributed by atoms with van der Waals surface area (Å²) < 4.78 is 4.24. The fourth-order valence-electron chi connectivity index (χ4n) is 4.31. The van der Waals surface area contributed by atoms with Crippen molar-refractivity contribution in [1.82, 2.24) is 10.2 Å². The minimum absolute atomic E-state index is 0.0131. The molecule has 0 aliphatic carbocycles. The molecule has 1 aromatic carbocycles. The van der Waals surface area contributed by atoms with Crippen LogP contribution in [0.3, 0.4) is 0 Å². The van der Waals surface area contributed by atoms with E-state index in [0.29, 0.717) is 24.4 Å². The summed E-state index contributed by atoms with van der Waals surface area (Å²) in [6.07, 6.45) is 2.30. The Morgan fingerprint density at radius 1 is 1.12 bits per heavy atom. The normalized spacial score (nSPS) is 18.3. The third kappa shape index (κ3) is 6.37. The summed E-state index contributed by atoms with van der Waals surface area (Å²) in [7, 11) is 0. The maximum atomic E-state index is 13.4. The van der Waals surface area contributed by atoms with Crippen LogP contribution in [0.2, 0.25) is 0 Å². The Kier molecular flexibility index (Phi) is 8.77. The number of hydrogen-bond donors (Lipinski definition) is 2. The van der Waals surface area contributed by atoms with Gasteiger partial charge in [-0.25, -0.2) is 0 Å². The Labute approximate surface area is 207 Å². The molecule has 1 amide bonds. The van der Waals surface area contributed by atoms with Gasteiger partial charge < -0.3 is 15.3 Å². The largest absolute Gasteiger partial charge is 0.507 e. The fourth-order valence-corrected chi connectivity index (χ4v) is 4.78. The molecule has 0 bridgehead atoms. The Bertz CT molecular complexity index is 873. The number of nitrogens with one attached hydrogen (secondary N) is 1. The number of phenolic OH excluding ortho intramolecular Hbond substituents is 1. The number of Topliss-reactive ketones (excluding diaryl/α,β-unsaturated/α-hetero) is 1. The van der Waals surface area contributed by atoms with Crippen molar-refractivity contribution in [2.24, 2.45) is 9.94 Å². The summed E-state index contributed by atoms with van der Waals surface area (Å²) >= 11 is 3.20. The van der Waals surface area contributed by atoms with E-state index in [0.717, 1.165) is 24.0 Å². The first kappa shape index (κ1) is 27.4. The predicted molar refractivity (Wildman–Crippen MR) is 138 cm³/mol. The van der Waals surface area contributed by atoms with Gasteiger partial charge >= 0.3 is 0 Å². The minimum atomic E-state index is -0.305. The summed E-state index contributed by atoms with van der Waals surface area (Å²) in [5, 5.41) is 14.1. The van der Waals surface area contributed by atoms with Crippen LogP contribution in [0.4, 0.5) is 0 Å². The number of ketones is 1. The van der Waals surface area contributed by atoms with Crippen LogP contribution in [0.5, 0.6) is 5.75 Å². The molecule has 0 saturated carbocycles. The molecule has 1 saturated heterocycles. The quantitative estimate of drug-likeness (QED) is 0.463. The molecule has 6 nitrogen and oxygen atoms in total. The van der Waals surface area contributed by atoms with E-state index in [-0.39, 0.29) is 46.8 Å². The van der Waals surface area contributed by atoms with Crippen molar-refractivity contribution in [1.29, 1.82) is 0 Å². The van der Waals surface area contributed by atoms with Gasteiger partial charge in [-0.15, -0.1) is 0 Å². The number of hydrogen-bond acceptors (Lipinski definition) is 4. The zero-order valence-electron chi connectivity index (χ0n) is 21.4. The molecule has 1 atom stereocenters. The van der Waals surface area contributed by atoms with Crippen LogP contribution in [0, 0.1) is 5.92 Å².